The molecule has 6 nitrogen and oxygen atoms in total. The highest BCUT2D eigenvalue weighted by molar-refractivity contribution is 7.89. The molecule has 0 aliphatic rings. The van der Waals surface area contributed by atoms with E-state index in [4.69, 9.17) is 4.42 Å². The second-order valence-corrected chi connectivity index (χ2v) is 8.69. The van der Waals surface area contributed by atoms with E-state index in [0.29, 0.717) is 6.42 Å². The second-order valence-electron chi connectivity index (χ2n) is 6.87. The Balaban J connectivity index is 3.03. The minimum absolute atomic E-state index is 0.00376. The van der Waals surface area contributed by atoms with Crippen molar-refractivity contribution in [3.05, 3.63) is 23.1 Å². The summed E-state index contributed by atoms with van der Waals surface area (Å²) in [5.41, 5.74) is -0.614. The van der Waals surface area contributed by atoms with E-state index in [1.807, 2.05) is 13.8 Å². The standard InChI is InChI=1S/C14H24N2O4S/c1-13(2,3)10-14(4,5)16(17)9-11-7-8-12(20-11)21(18,19)15-6/h7-9,15H,10H2,1-6H3. The van der Waals surface area contributed by atoms with E-state index < -0.39 is 15.6 Å². The lowest BCUT2D eigenvalue weighted by atomic mass is 9.82. The molecule has 0 fully saturated rings. The minimum Gasteiger partial charge on any atom is -0.623 e. The zero-order valence-electron chi connectivity index (χ0n) is 13.4. The molecule has 120 valence electrons. The molecule has 0 aliphatic carbocycles. The van der Waals surface area contributed by atoms with Crippen LogP contribution >= 0.6 is 0 Å². The number of nitrogens with zero attached hydrogens (tertiary/aromatic N) is 1. The van der Waals surface area contributed by atoms with Gasteiger partial charge < -0.3 is 9.62 Å². The Labute approximate surface area is 126 Å². The van der Waals surface area contributed by atoms with Crippen LogP contribution in [0.25, 0.3) is 0 Å². The third kappa shape index (κ3) is 4.86. The Morgan fingerprint density at radius 2 is 1.86 bits per heavy atom. The summed E-state index contributed by atoms with van der Waals surface area (Å²) in [6.07, 6.45) is 1.96. The zero-order chi connectivity index (χ0) is 16.5. The molecule has 0 aliphatic heterocycles. The van der Waals surface area contributed by atoms with Crippen LogP contribution in [0.15, 0.2) is 21.6 Å². The predicted octanol–water partition coefficient (Wildman–Crippen LogP) is 2.33. The van der Waals surface area contributed by atoms with Crippen molar-refractivity contribution >= 4 is 16.2 Å². The Morgan fingerprint density at radius 1 is 1.29 bits per heavy atom. The summed E-state index contributed by atoms with van der Waals surface area (Å²) in [4.78, 5) is 0. The van der Waals surface area contributed by atoms with Gasteiger partial charge >= 0.3 is 0 Å². The van der Waals surface area contributed by atoms with E-state index in [9.17, 15) is 13.6 Å². The van der Waals surface area contributed by atoms with Gasteiger partial charge in [0.2, 0.25) is 11.3 Å². The van der Waals surface area contributed by atoms with Crippen molar-refractivity contribution in [2.24, 2.45) is 5.41 Å². The Bertz CT molecular complexity index is 622. The molecule has 0 spiro atoms. The maximum Gasteiger partial charge on any atom is 0.273 e. The van der Waals surface area contributed by atoms with Gasteiger partial charge in [-0.1, -0.05) is 20.8 Å². The van der Waals surface area contributed by atoms with E-state index in [2.05, 4.69) is 25.5 Å². The van der Waals surface area contributed by atoms with Crippen molar-refractivity contribution < 1.29 is 17.6 Å². The van der Waals surface area contributed by atoms with E-state index in [1.54, 1.807) is 0 Å². The first kappa shape index (κ1) is 17.7. The summed E-state index contributed by atoms with van der Waals surface area (Å²) < 4.78 is 31.3. The fourth-order valence-electron chi connectivity index (χ4n) is 2.31. The van der Waals surface area contributed by atoms with Crippen molar-refractivity contribution in [1.29, 1.82) is 0 Å². The number of hydrogen-bond acceptors (Lipinski definition) is 4. The molecule has 1 heterocycles. The molecule has 1 aromatic heterocycles. The third-order valence-corrected chi connectivity index (χ3v) is 4.23. The molecule has 0 saturated carbocycles. The van der Waals surface area contributed by atoms with Crippen LogP contribution in [-0.2, 0) is 10.0 Å². The lowest BCUT2D eigenvalue weighted by Crippen LogP contribution is -2.37. The summed E-state index contributed by atoms with van der Waals surface area (Å²) in [5.74, 6) is 0.209. The molecular weight excluding hydrogens is 292 g/mol. The fraction of sp³-hybridized carbons (Fsp3) is 0.643. The number of rotatable bonds is 5. The Kier molecular flexibility index (Phi) is 4.90. The second kappa shape index (κ2) is 5.81. The molecule has 7 heteroatoms. The first-order valence-corrected chi connectivity index (χ1v) is 8.20. The highest BCUT2D eigenvalue weighted by Crippen LogP contribution is 2.29. The smallest absolute Gasteiger partial charge is 0.273 e. The molecule has 0 radical (unpaired) electrons. The number of furan rings is 1. The largest absolute Gasteiger partial charge is 0.623 e. The van der Waals surface area contributed by atoms with Gasteiger partial charge in [-0.05, 0) is 24.6 Å². The van der Waals surface area contributed by atoms with Crippen LogP contribution in [0.1, 0.15) is 46.8 Å². The summed E-state index contributed by atoms with van der Waals surface area (Å²) in [6.45, 7) is 9.87. The van der Waals surface area contributed by atoms with Crippen LogP contribution < -0.4 is 4.72 Å². The minimum atomic E-state index is -3.63. The normalized spacial score (nSPS) is 14.5. The molecule has 0 aromatic carbocycles. The molecule has 0 saturated heterocycles. The van der Waals surface area contributed by atoms with Gasteiger partial charge in [0.25, 0.3) is 10.0 Å². The first-order chi connectivity index (χ1) is 9.37. The highest BCUT2D eigenvalue weighted by Gasteiger charge is 2.32. The number of sulfonamides is 1. The van der Waals surface area contributed by atoms with Gasteiger partial charge in [-0.25, -0.2) is 17.9 Å². The SMILES string of the molecule is CNS(=O)(=O)c1ccc(C=[N+]([O-])C(C)(C)CC(C)(C)C)o1. The average Bonchev–Trinajstić information content (AvgIpc) is 2.75. The van der Waals surface area contributed by atoms with Crippen molar-refractivity contribution in [3.63, 3.8) is 0 Å². The maximum atomic E-state index is 12.3. The topological polar surface area (TPSA) is 85.4 Å². The van der Waals surface area contributed by atoms with Gasteiger partial charge in [0.05, 0.1) is 0 Å². The van der Waals surface area contributed by atoms with Crippen LogP contribution in [-0.4, -0.2) is 32.0 Å². The summed E-state index contributed by atoms with van der Waals surface area (Å²) in [7, 11) is -2.34. The van der Waals surface area contributed by atoms with Crippen LogP contribution in [0.3, 0.4) is 0 Å². The molecule has 0 bridgehead atoms. The van der Waals surface area contributed by atoms with Gasteiger partial charge in [-0.3, -0.25) is 0 Å². The summed E-state index contributed by atoms with van der Waals surface area (Å²) in [6, 6.07) is 2.78. The zero-order valence-corrected chi connectivity index (χ0v) is 14.2. The van der Waals surface area contributed by atoms with Crippen LogP contribution in [0.5, 0.6) is 0 Å². The van der Waals surface area contributed by atoms with Gasteiger partial charge in [0.1, 0.15) is 0 Å². The fourth-order valence-corrected chi connectivity index (χ4v) is 2.97. The lowest BCUT2D eigenvalue weighted by molar-refractivity contribution is -0.540. The maximum absolute atomic E-state index is 12.3. The highest BCUT2D eigenvalue weighted by atomic mass is 32.2. The van der Waals surface area contributed by atoms with Gasteiger partial charge in [0.15, 0.2) is 11.3 Å². The average molecular weight is 316 g/mol. The van der Waals surface area contributed by atoms with Crippen molar-refractivity contribution in [3.8, 4) is 0 Å². The van der Waals surface area contributed by atoms with Gasteiger partial charge in [-0.2, -0.15) is 0 Å². The van der Waals surface area contributed by atoms with Crippen molar-refractivity contribution in [2.75, 3.05) is 7.05 Å². The van der Waals surface area contributed by atoms with Gasteiger partial charge in [-0.15, -0.1) is 0 Å². The number of nitrogens with one attached hydrogen (secondary N) is 1. The lowest BCUT2D eigenvalue weighted by Gasteiger charge is -2.30. The van der Waals surface area contributed by atoms with Gasteiger partial charge in [0, 0.05) is 20.3 Å². The molecule has 1 rings (SSSR count). The van der Waals surface area contributed by atoms with Crippen molar-refractivity contribution in [2.45, 2.75) is 51.7 Å². The number of hydrogen-bond donors (Lipinski definition) is 1. The molecule has 0 unspecified atom stereocenters. The van der Waals surface area contributed by atoms with Crippen LogP contribution in [0.4, 0.5) is 0 Å². The third-order valence-electron chi connectivity index (χ3n) is 2.94. The summed E-state index contributed by atoms with van der Waals surface area (Å²) >= 11 is 0. The molecule has 1 aromatic rings. The monoisotopic (exact) mass is 316 g/mol. The molecule has 1 N–H and O–H groups in total. The van der Waals surface area contributed by atoms with E-state index >= 15 is 0 Å². The van der Waals surface area contributed by atoms with E-state index in [1.165, 1.54) is 25.4 Å². The van der Waals surface area contributed by atoms with Crippen LogP contribution in [0, 0.1) is 10.6 Å². The Hall–Kier alpha value is -1.34. The van der Waals surface area contributed by atoms with E-state index in [0.717, 1.165) is 4.74 Å². The number of hydroxylamine groups is 1. The molecular formula is C14H24N2O4S. The molecule has 21 heavy (non-hydrogen) atoms. The first-order valence-electron chi connectivity index (χ1n) is 6.72. The van der Waals surface area contributed by atoms with Crippen LogP contribution in [0.2, 0.25) is 0 Å². The predicted molar refractivity (Wildman–Crippen MR) is 81.9 cm³/mol. The quantitative estimate of drug-likeness (QED) is 0.391. The summed E-state index contributed by atoms with van der Waals surface area (Å²) in [5, 5.41) is 12.1. The Morgan fingerprint density at radius 3 is 2.33 bits per heavy atom. The van der Waals surface area contributed by atoms with Crippen molar-refractivity contribution in [1.82, 2.24) is 4.72 Å². The molecule has 0 atom stereocenters. The molecule has 0 amide bonds. The van der Waals surface area contributed by atoms with E-state index in [-0.39, 0.29) is 16.3 Å².